The molecule has 0 fully saturated rings. The smallest absolute Gasteiger partial charge is 0.416 e. The van der Waals surface area contributed by atoms with Crippen molar-refractivity contribution >= 4 is 23.4 Å². The zero-order valence-electron chi connectivity index (χ0n) is 13.6. The Morgan fingerprint density at radius 2 is 1.96 bits per heavy atom. The molecule has 0 aliphatic carbocycles. The normalized spacial score (nSPS) is 17.4. The van der Waals surface area contributed by atoms with Crippen molar-refractivity contribution in [2.75, 3.05) is 12.0 Å². The van der Waals surface area contributed by atoms with Crippen molar-refractivity contribution in [1.29, 1.82) is 0 Å². The van der Waals surface area contributed by atoms with E-state index in [4.69, 9.17) is 4.74 Å². The third-order valence-electron chi connectivity index (χ3n) is 3.97. The molecule has 3 rings (SSSR count). The summed E-state index contributed by atoms with van der Waals surface area (Å²) in [4.78, 5) is 15.0. The number of hydrogen-bond acceptors (Lipinski definition) is 3. The van der Waals surface area contributed by atoms with Gasteiger partial charge in [0.05, 0.1) is 30.2 Å². The highest BCUT2D eigenvalue weighted by Crippen LogP contribution is 2.41. The van der Waals surface area contributed by atoms with E-state index < -0.39 is 11.7 Å². The second-order valence-electron chi connectivity index (χ2n) is 5.72. The van der Waals surface area contributed by atoms with E-state index in [1.165, 1.54) is 22.7 Å². The first kappa shape index (κ1) is 17.7. The standard InChI is InChI=1S/C18H16F3NO2S/c1-11-17(23)22(15-7-6-14(24-2)9-16(15)25-11)10-12-4-3-5-13(8-12)18(19,20)21/h3-9,11H,10H2,1-2H3. The number of ether oxygens (including phenoxy) is 1. The van der Waals surface area contributed by atoms with Gasteiger partial charge in [-0.3, -0.25) is 4.79 Å². The van der Waals surface area contributed by atoms with Crippen molar-refractivity contribution in [1.82, 2.24) is 0 Å². The van der Waals surface area contributed by atoms with Gasteiger partial charge < -0.3 is 9.64 Å². The largest absolute Gasteiger partial charge is 0.497 e. The van der Waals surface area contributed by atoms with Gasteiger partial charge in [0, 0.05) is 4.90 Å². The fraction of sp³-hybridized carbons (Fsp3) is 0.278. The summed E-state index contributed by atoms with van der Waals surface area (Å²) in [6, 6.07) is 10.4. The number of carbonyl (C=O) groups is 1. The number of amides is 1. The van der Waals surface area contributed by atoms with Gasteiger partial charge in [0.1, 0.15) is 5.75 Å². The van der Waals surface area contributed by atoms with E-state index in [0.717, 1.165) is 17.0 Å². The molecule has 1 aliphatic rings. The molecule has 0 saturated carbocycles. The monoisotopic (exact) mass is 367 g/mol. The highest BCUT2D eigenvalue weighted by molar-refractivity contribution is 8.01. The number of thioether (sulfide) groups is 1. The van der Waals surface area contributed by atoms with Crippen LogP contribution < -0.4 is 9.64 Å². The van der Waals surface area contributed by atoms with Gasteiger partial charge in [-0.15, -0.1) is 11.8 Å². The van der Waals surface area contributed by atoms with E-state index in [9.17, 15) is 18.0 Å². The summed E-state index contributed by atoms with van der Waals surface area (Å²) in [5.74, 6) is 0.548. The van der Waals surface area contributed by atoms with Gasteiger partial charge in [-0.25, -0.2) is 0 Å². The lowest BCUT2D eigenvalue weighted by molar-refractivity contribution is -0.137. The van der Waals surface area contributed by atoms with Crippen LogP contribution in [0.1, 0.15) is 18.1 Å². The molecule has 132 valence electrons. The predicted molar refractivity (Wildman–Crippen MR) is 90.9 cm³/mol. The van der Waals surface area contributed by atoms with Crippen molar-refractivity contribution in [2.45, 2.75) is 29.8 Å². The summed E-state index contributed by atoms with van der Waals surface area (Å²) in [6.45, 7) is 1.88. The van der Waals surface area contributed by atoms with Gasteiger partial charge in [-0.2, -0.15) is 13.2 Å². The Labute approximate surface area is 147 Å². The van der Waals surface area contributed by atoms with E-state index in [1.807, 2.05) is 6.07 Å². The average Bonchev–Trinajstić information content (AvgIpc) is 2.58. The molecule has 2 aromatic rings. The number of fused-ring (bicyclic) bond motifs is 1. The Morgan fingerprint density at radius 1 is 1.20 bits per heavy atom. The molecule has 0 radical (unpaired) electrons. The van der Waals surface area contributed by atoms with Crippen LogP contribution in [0, 0.1) is 0 Å². The Bertz CT molecular complexity index is 807. The number of halogens is 3. The van der Waals surface area contributed by atoms with Crippen LogP contribution in [0.2, 0.25) is 0 Å². The van der Waals surface area contributed by atoms with Gasteiger partial charge in [-0.05, 0) is 42.8 Å². The fourth-order valence-electron chi connectivity index (χ4n) is 2.71. The average molecular weight is 367 g/mol. The number of rotatable bonds is 3. The molecule has 1 amide bonds. The molecule has 1 aliphatic heterocycles. The molecule has 1 atom stereocenters. The van der Waals surface area contributed by atoms with Crippen LogP contribution >= 0.6 is 11.8 Å². The van der Waals surface area contributed by atoms with Crippen LogP contribution in [0.3, 0.4) is 0 Å². The number of carbonyl (C=O) groups excluding carboxylic acids is 1. The summed E-state index contributed by atoms with van der Waals surface area (Å²) in [5, 5.41) is -0.314. The lowest BCUT2D eigenvalue weighted by Gasteiger charge is -2.32. The Balaban J connectivity index is 1.96. The first-order chi connectivity index (χ1) is 11.8. The highest BCUT2D eigenvalue weighted by atomic mass is 32.2. The maximum absolute atomic E-state index is 12.9. The first-order valence-corrected chi connectivity index (χ1v) is 8.50. The molecular formula is C18H16F3NO2S. The molecule has 0 aromatic heterocycles. The van der Waals surface area contributed by atoms with Gasteiger partial charge in [0.15, 0.2) is 0 Å². The minimum absolute atomic E-state index is 0.0903. The molecule has 0 spiro atoms. The summed E-state index contributed by atoms with van der Waals surface area (Å²) in [7, 11) is 1.56. The van der Waals surface area contributed by atoms with Crippen LogP contribution in [-0.2, 0) is 17.5 Å². The van der Waals surface area contributed by atoms with E-state index in [1.54, 1.807) is 32.2 Å². The molecule has 2 aromatic carbocycles. The summed E-state index contributed by atoms with van der Waals surface area (Å²) in [6.07, 6.45) is -4.41. The number of alkyl halides is 3. The lowest BCUT2D eigenvalue weighted by atomic mass is 10.1. The van der Waals surface area contributed by atoms with E-state index in [-0.39, 0.29) is 17.7 Å². The molecule has 7 heteroatoms. The Hall–Kier alpha value is -2.15. The maximum atomic E-state index is 12.9. The predicted octanol–water partition coefficient (Wildman–Crippen LogP) is 4.74. The van der Waals surface area contributed by atoms with Crippen LogP contribution in [-0.4, -0.2) is 18.3 Å². The number of nitrogens with zero attached hydrogens (tertiary/aromatic N) is 1. The third-order valence-corrected chi connectivity index (χ3v) is 5.11. The zero-order chi connectivity index (χ0) is 18.2. The molecular weight excluding hydrogens is 351 g/mol. The van der Waals surface area contributed by atoms with Gasteiger partial charge >= 0.3 is 6.18 Å². The van der Waals surface area contributed by atoms with Crippen LogP contribution in [0.15, 0.2) is 47.4 Å². The van der Waals surface area contributed by atoms with E-state index in [0.29, 0.717) is 17.0 Å². The summed E-state index contributed by atoms with van der Waals surface area (Å²) < 4.78 is 43.9. The van der Waals surface area contributed by atoms with Crippen LogP contribution in [0.4, 0.5) is 18.9 Å². The van der Waals surface area contributed by atoms with E-state index in [2.05, 4.69) is 0 Å². The van der Waals surface area contributed by atoms with Crippen molar-refractivity contribution in [3.05, 3.63) is 53.6 Å². The van der Waals surface area contributed by atoms with Gasteiger partial charge in [0.25, 0.3) is 0 Å². The SMILES string of the molecule is COc1ccc2c(c1)SC(C)C(=O)N2Cc1cccc(C(F)(F)F)c1. The zero-order valence-corrected chi connectivity index (χ0v) is 14.4. The highest BCUT2D eigenvalue weighted by Gasteiger charge is 2.33. The summed E-state index contributed by atoms with van der Waals surface area (Å²) in [5.41, 5.74) is 0.405. The second-order valence-corrected chi connectivity index (χ2v) is 7.10. The second kappa shape index (κ2) is 6.63. The van der Waals surface area contributed by atoms with Crippen molar-refractivity contribution in [3.63, 3.8) is 0 Å². The lowest BCUT2D eigenvalue weighted by Crippen LogP contribution is -2.39. The van der Waals surface area contributed by atoms with Crippen molar-refractivity contribution < 1.29 is 22.7 Å². The molecule has 25 heavy (non-hydrogen) atoms. The minimum Gasteiger partial charge on any atom is -0.497 e. The molecule has 3 nitrogen and oxygen atoms in total. The van der Waals surface area contributed by atoms with Crippen molar-refractivity contribution in [2.24, 2.45) is 0 Å². The number of benzene rings is 2. The topological polar surface area (TPSA) is 29.5 Å². The van der Waals surface area contributed by atoms with Crippen molar-refractivity contribution in [3.8, 4) is 5.75 Å². The molecule has 1 heterocycles. The third kappa shape index (κ3) is 3.61. The number of anilines is 1. The Morgan fingerprint density at radius 3 is 2.64 bits per heavy atom. The minimum atomic E-state index is -4.41. The van der Waals surface area contributed by atoms with Gasteiger partial charge in [0.2, 0.25) is 5.91 Å². The first-order valence-electron chi connectivity index (χ1n) is 7.62. The van der Waals surface area contributed by atoms with Gasteiger partial charge in [-0.1, -0.05) is 12.1 Å². The van der Waals surface area contributed by atoms with Crippen LogP contribution in [0.25, 0.3) is 0 Å². The summed E-state index contributed by atoms with van der Waals surface area (Å²) >= 11 is 1.42. The molecule has 1 unspecified atom stereocenters. The Kier molecular flexibility index (Phi) is 4.69. The fourth-order valence-corrected chi connectivity index (χ4v) is 3.80. The molecule has 0 N–H and O–H groups in total. The maximum Gasteiger partial charge on any atom is 0.416 e. The van der Waals surface area contributed by atoms with E-state index >= 15 is 0 Å². The number of hydrogen-bond donors (Lipinski definition) is 0. The quantitative estimate of drug-likeness (QED) is 0.785. The van der Waals surface area contributed by atoms with Crippen LogP contribution in [0.5, 0.6) is 5.75 Å². The number of methoxy groups -OCH3 is 1. The molecule has 0 bridgehead atoms. The molecule has 0 saturated heterocycles.